The van der Waals surface area contributed by atoms with Gasteiger partial charge in [0.15, 0.2) is 0 Å². The van der Waals surface area contributed by atoms with Gasteiger partial charge in [-0.3, -0.25) is 0 Å². The monoisotopic (exact) mass is 217 g/mol. The summed E-state index contributed by atoms with van der Waals surface area (Å²) in [5, 5.41) is 0. The fourth-order valence-electron chi connectivity index (χ4n) is 1.91. The Balaban J connectivity index is 2.12. The zero-order valence-electron chi connectivity index (χ0n) is 10.8. The van der Waals surface area contributed by atoms with Gasteiger partial charge in [0.05, 0.1) is 0 Å². The molecule has 0 aromatic heterocycles. The quantitative estimate of drug-likeness (QED) is 0.527. The van der Waals surface area contributed by atoms with Gasteiger partial charge in [0.25, 0.3) is 0 Å². The first-order valence-electron chi connectivity index (χ1n) is 6.79. The van der Waals surface area contributed by atoms with Crippen LogP contribution >= 0.6 is 0 Å². The zero-order valence-corrected chi connectivity index (χ0v) is 10.8. The van der Waals surface area contributed by atoms with Crippen LogP contribution in [-0.4, -0.2) is 0 Å². The van der Waals surface area contributed by atoms with Crippen LogP contribution in [-0.2, 0) is 6.42 Å². The minimum absolute atomic E-state index is 1.14. The van der Waals surface area contributed by atoms with E-state index in [4.69, 9.17) is 0 Å². The normalized spacial score (nSPS) is 10.6. The second-order valence-corrected chi connectivity index (χ2v) is 4.50. The van der Waals surface area contributed by atoms with Crippen molar-refractivity contribution in [2.75, 3.05) is 0 Å². The number of rotatable bonds is 8. The standard InChI is InChI=1S/C16H25/c1-3-5-6-7-8-9-10-16-13-11-15(4-2)12-14-16/h10-14H,3-9H2,1-2H3. The van der Waals surface area contributed by atoms with E-state index in [2.05, 4.69) is 44.5 Å². The molecule has 0 unspecified atom stereocenters. The van der Waals surface area contributed by atoms with Crippen molar-refractivity contribution in [1.82, 2.24) is 0 Å². The maximum atomic E-state index is 2.37. The Morgan fingerprint density at radius 1 is 0.875 bits per heavy atom. The first-order chi connectivity index (χ1) is 7.86. The Morgan fingerprint density at radius 3 is 2.19 bits per heavy atom. The molecule has 0 heteroatoms. The van der Waals surface area contributed by atoms with Gasteiger partial charge in [0.1, 0.15) is 0 Å². The summed E-state index contributed by atoms with van der Waals surface area (Å²) in [5.41, 5.74) is 2.81. The molecule has 1 radical (unpaired) electrons. The Kier molecular flexibility index (Phi) is 6.96. The fraction of sp³-hybridized carbons (Fsp3) is 0.562. The van der Waals surface area contributed by atoms with Crippen LogP contribution in [0.3, 0.4) is 0 Å². The summed E-state index contributed by atoms with van der Waals surface area (Å²) in [6.45, 7) is 4.47. The summed E-state index contributed by atoms with van der Waals surface area (Å²) < 4.78 is 0. The van der Waals surface area contributed by atoms with Gasteiger partial charge in [-0.15, -0.1) is 0 Å². The minimum atomic E-state index is 1.14. The average Bonchev–Trinajstić information content (AvgIpc) is 2.34. The van der Waals surface area contributed by atoms with E-state index in [1.807, 2.05) is 0 Å². The highest BCUT2D eigenvalue weighted by molar-refractivity contribution is 5.27. The molecule has 16 heavy (non-hydrogen) atoms. The van der Waals surface area contributed by atoms with E-state index in [9.17, 15) is 0 Å². The molecule has 89 valence electrons. The Bertz CT molecular complexity index is 258. The molecule has 0 aliphatic rings. The number of aryl methyl sites for hydroxylation is 1. The summed E-state index contributed by atoms with van der Waals surface area (Å²) in [4.78, 5) is 0. The van der Waals surface area contributed by atoms with Gasteiger partial charge in [0, 0.05) is 0 Å². The lowest BCUT2D eigenvalue weighted by Crippen LogP contribution is -1.85. The number of unbranched alkanes of at least 4 members (excludes halogenated alkanes) is 5. The first kappa shape index (κ1) is 13.3. The second kappa shape index (κ2) is 8.38. The van der Waals surface area contributed by atoms with Crippen molar-refractivity contribution in [2.24, 2.45) is 0 Å². The molecule has 1 rings (SSSR count). The molecular formula is C16H25. The Labute approximate surface area is 101 Å². The van der Waals surface area contributed by atoms with Crippen molar-refractivity contribution in [3.05, 3.63) is 41.8 Å². The summed E-state index contributed by atoms with van der Waals surface area (Å²) in [6, 6.07) is 8.96. The molecule has 0 aliphatic heterocycles. The third kappa shape index (κ3) is 5.34. The van der Waals surface area contributed by atoms with Crippen LogP contribution in [0.2, 0.25) is 0 Å². The molecule has 0 saturated heterocycles. The van der Waals surface area contributed by atoms with Crippen molar-refractivity contribution in [3.63, 3.8) is 0 Å². The van der Waals surface area contributed by atoms with Gasteiger partial charge in [-0.05, 0) is 30.4 Å². The zero-order chi connectivity index (χ0) is 11.6. The summed E-state index contributed by atoms with van der Waals surface area (Å²) >= 11 is 0. The van der Waals surface area contributed by atoms with Crippen LogP contribution in [0, 0.1) is 6.42 Å². The van der Waals surface area contributed by atoms with Gasteiger partial charge in [-0.25, -0.2) is 0 Å². The second-order valence-electron chi connectivity index (χ2n) is 4.50. The van der Waals surface area contributed by atoms with E-state index in [1.165, 1.54) is 49.7 Å². The Hall–Kier alpha value is -0.780. The smallest absolute Gasteiger partial charge is 0.00931 e. The molecule has 0 aliphatic carbocycles. The van der Waals surface area contributed by atoms with Gasteiger partial charge in [0.2, 0.25) is 0 Å². The van der Waals surface area contributed by atoms with Crippen molar-refractivity contribution >= 4 is 0 Å². The van der Waals surface area contributed by atoms with Crippen LogP contribution in [0.25, 0.3) is 0 Å². The molecule has 0 heterocycles. The molecule has 0 saturated carbocycles. The lowest BCUT2D eigenvalue weighted by molar-refractivity contribution is 0.631. The number of hydrogen-bond acceptors (Lipinski definition) is 0. The third-order valence-electron chi connectivity index (χ3n) is 3.08. The summed E-state index contributed by atoms with van der Waals surface area (Å²) in [7, 11) is 0. The lowest BCUT2D eigenvalue weighted by atomic mass is 10.0. The van der Waals surface area contributed by atoms with E-state index < -0.39 is 0 Å². The topological polar surface area (TPSA) is 0 Å². The predicted octanol–water partition coefficient (Wildman–Crippen LogP) is 5.16. The van der Waals surface area contributed by atoms with E-state index in [0.29, 0.717) is 0 Å². The molecule has 0 atom stereocenters. The molecule has 0 nitrogen and oxygen atoms in total. The predicted molar refractivity (Wildman–Crippen MR) is 72.6 cm³/mol. The number of benzene rings is 1. The molecular weight excluding hydrogens is 192 g/mol. The SMILES string of the molecule is CCCCCCC[CH]c1ccc(CC)cc1. The molecule has 0 fully saturated rings. The van der Waals surface area contributed by atoms with Gasteiger partial charge in [-0.1, -0.05) is 70.2 Å². The average molecular weight is 217 g/mol. The lowest BCUT2D eigenvalue weighted by Gasteiger charge is -2.03. The van der Waals surface area contributed by atoms with Gasteiger partial charge in [-0.2, -0.15) is 0 Å². The molecule has 1 aromatic rings. The highest BCUT2D eigenvalue weighted by Gasteiger charge is 1.95. The fourth-order valence-corrected chi connectivity index (χ4v) is 1.91. The summed E-state index contributed by atoms with van der Waals surface area (Å²) in [5.74, 6) is 0. The van der Waals surface area contributed by atoms with Gasteiger partial charge < -0.3 is 0 Å². The van der Waals surface area contributed by atoms with E-state index in [1.54, 1.807) is 0 Å². The van der Waals surface area contributed by atoms with Crippen LogP contribution in [0.1, 0.15) is 63.5 Å². The van der Waals surface area contributed by atoms with E-state index in [0.717, 1.165) is 6.42 Å². The minimum Gasteiger partial charge on any atom is -0.0654 e. The maximum absolute atomic E-state index is 2.37. The van der Waals surface area contributed by atoms with Crippen LogP contribution < -0.4 is 0 Å². The van der Waals surface area contributed by atoms with Crippen molar-refractivity contribution in [2.45, 2.75) is 58.8 Å². The molecule has 0 amide bonds. The molecule has 0 spiro atoms. The molecule has 0 N–H and O–H groups in total. The van der Waals surface area contributed by atoms with E-state index in [-0.39, 0.29) is 0 Å². The highest BCUT2D eigenvalue weighted by atomic mass is 14.0. The maximum Gasteiger partial charge on any atom is -0.00931 e. The molecule has 0 bridgehead atoms. The summed E-state index contributed by atoms with van der Waals surface area (Å²) in [6.07, 6.45) is 11.6. The van der Waals surface area contributed by atoms with Gasteiger partial charge >= 0.3 is 0 Å². The highest BCUT2D eigenvalue weighted by Crippen LogP contribution is 2.12. The van der Waals surface area contributed by atoms with Crippen LogP contribution in [0.5, 0.6) is 0 Å². The van der Waals surface area contributed by atoms with E-state index >= 15 is 0 Å². The third-order valence-corrected chi connectivity index (χ3v) is 3.08. The largest absolute Gasteiger partial charge is 0.0654 e. The van der Waals surface area contributed by atoms with Crippen LogP contribution in [0.15, 0.2) is 24.3 Å². The van der Waals surface area contributed by atoms with Crippen molar-refractivity contribution in [3.8, 4) is 0 Å². The Morgan fingerprint density at radius 2 is 1.56 bits per heavy atom. The molecule has 1 aromatic carbocycles. The van der Waals surface area contributed by atoms with Crippen molar-refractivity contribution < 1.29 is 0 Å². The van der Waals surface area contributed by atoms with Crippen molar-refractivity contribution in [1.29, 1.82) is 0 Å². The van der Waals surface area contributed by atoms with Crippen LogP contribution in [0.4, 0.5) is 0 Å². The number of hydrogen-bond donors (Lipinski definition) is 0. The first-order valence-corrected chi connectivity index (χ1v) is 6.79.